The van der Waals surface area contributed by atoms with E-state index >= 15 is 0 Å². The van der Waals surface area contributed by atoms with E-state index in [1.807, 2.05) is 0 Å². The first-order valence-corrected chi connectivity index (χ1v) is 8.64. The lowest BCUT2D eigenvalue weighted by Crippen LogP contribution is -2.39. The van der Waals surface area contributed by atoms with Crippen LogP contribution in [0.3, 0.4) is 0 Å². The van der Waals surface area contributed by atoms with Crippen LogP contribution in [-0.4, -0.2) is 24.2 Å². The number of carbonyl (C=O) groups is 1. The van der Waals surface area contributed by atoms with Gasteiger partial charge in [0.1, 0.15) is 11.6 Å². The molecule has 0 atom stereocenters. The Kier molecular flexibility index (Phi) is 5.65. The van der Waals surface area contributed by atoms with Crippen LogP contribution < -0.4 is 15.4 Å². The van der Waals surface area contributed by atoms with Gasteiger partial charge in [-0.05, 0) is 36.6 Å². The minimum absolute atomic E-state index is 0.0530. The third-order valence-electron chi connectivity index (χ3n) is 4.49. The summed E-state index contributed by atoms with van der Waals surface area (Å²) in [5.41, 5.74) is 0.630. The van der Waals surface area contributed by atoms with Crippen molar-refractivity contribution in [3.63, 3.8) is 0 Å². The van der Waals surface area contributed by atoms with Gasteiger partial charge in [-0.1, -0.05) is 19.3 Å². The Balaban J connectivity index is 1.75. The maximum absolute atomic E-state index is 14.1. The fourth-order valence-electron chi connectivity index (χ4n) is 3.16. The normalized spacial score (nSPS) is 14.7. The fourth-order valence-corrected chi connectivity index (χ4v) is 3.16. The summed E-state index contributed by atoms with van der Waals surface area (Å²) < 4.78 is 32.6. The predicted octanol–water partition coefficient (Wildman–Crippen LogP) is 4.49. The number of hydrogen-bond acceptors (Lipinski definition) is 3. The second-order valence-electron chi connectivity index (χ2n) is 6.33. The summed E-state index contributed by atoms with van der Waals surface area (Å²) in [7, 11) is 1.31. The number of methoxy groups -OCH3 is 1. The van der Waals surface area contributed by atoms with Crippen molar-refractivity contribution < 1.29 is 18.3 Å². The van der Waals surface area contributed by atoms with E-state index in [1.54, 1.807) is 6.07 Å². The monoisotopic (exact) mass is 361 g/mol. The van der Waals surface area contributed by atoms with Gasteiger partial charge in [-0.25, -0.2) is 18.6 Å². The van der Waals surface area contributed by atoms with Crippen molar-refractivity contribution in [2.75, 3.05) is 12.4 Å². The van der Waals surface area contributed by atoms with Gasteiger partial charge >= 0.3 is 6.03 Å². The number of nitrogens with zero attached hydrogens (tertiary/aromatic N) is 1. The number of urea groups is 1. The predicted molar refractivity (Wildman–Crippen MR) is 95.2 cm³/mol. The van der Waals surface area contributed by atoms with Crippen molar-refractivity contribution in [1.82, 2.24) is 10.3 Å². The Hall–Kier alpha value is -2.70. The minimum Gasteiger partial charge on any atom is -0.494 e. The highest BCUT2D eigenvalue weighted by atomic mass is 19.1. The van der Waals surface area contributed by atoms with Crippen LogP contribution in [0.5, 0.6) is 5.75 Å². The summed E-state index contributed by atoms with van der Waals surface area (Å²) in [6.45, 7) is 0. The molecule has 1 aromatic carbocycles. The van der Waals surface area contributed by atoms with Crippen LogP contribution in [0.1, 0.15) is 32.1 Å². The molecule has 1 aliphatic rings. The molecular weight excluding hydrogens is 340 g/mol. The summed E-state index contributed by atoms with van der Waals surface area (Å²) in [4.78, 5) is 16.2. The van der Waals surface area contributed by atoms with Crippen LogP contribution in [0.15, 0.2) is 30.5 Å². The molecule has 1 aliphatic carbocycles. The van der Waals surface area contributed by atoms with Crippen LogP contribution >= 0.6 is 0 Å². The van der Waals surface area contributed by atoms with Gasteiger partial charge in [0, 0.05) is 23.9 Å². The first-order valence-electron chi connectivity index (χ1n) is 8.64. The summed E-state index contributed by atoms with van der Waals surface area (Å²) in [5.74, 6) is -1.25. The molecule has 0 aliphatic heterocycles. The lowest BCUT2D eigenvalue weighted by Gasteiger charge is -2.22. The number of hydrogen-bond donors (Lipinski definition) is 2. The highest BCUT2D eigenvalue weighted by Crippen LogP contribution is 2.30. The summed E-state index contributed by atoms with van der Waals surface area (Å²) in [5, 5.41) is 5.60. The Bertz CT molecular complexity index is 792. The third-order valence-corrected chi connectivity index (χ3v) is 4.49. The van der Waals surface area contributed by atoms with Gasteiger partial charge in [-0.2, -0.15) is 0 Å². The molecule has 5 nitrogen and oxygen atoms in total. The van der Waals surface area contributed by atoms with E-state index < -0.39 is 11.6 Å². The second-order valence-corrected chi connectivity index (χ2v) is 6.33. The molecule has 7 heteroatoms. The van der Waals surface area contributed by atoms with Crippen LogP contribution in [-0.2, 0) is 0 Å². The van der Waals surface area contributed by atoms with Gasteiger partial charge in [0.05, 0.1) is 7.11 Å². The third kappa shape index (κ3) is 4.28. The standard InChI is InChI=1S/C19H21F2N3O2/c1-26-17-10-14(15(20)11-16(17)21)12-7-8-22-18(9-12)24-19(25)23-13-5-3-2-4-6-13/h7-11,13H,2-6H2,1H3,(H2,22,23,24,25). The van der Waals surface area contributed by atoms with Crippen molar-refractivity contribution in [3.8, 4) is 16.9 Å². The molecule has 3 rings (SSSR count). The zero-order valence-corrected chi connectivity index (χ0v) is 14.5. The molecule has 2 N–H and O–H groups in total. The topological polar surface area (TPSA) is 63.2 Å². The molecule has 1 aromatic heterocycles. The lowest BCUT2D eigenvalue weighted by atomic mass is 9.96. The smallest absolute Gasteiger partial charge is 0.320 e. The first-order chi connectivity index (χ1) is 12.6. The van der Waals surface area contributed by atoms with Gasteiger partial charge in [0.15, 0.2) is 11.6 Å². The van der Waals surface area contributed by atoms with E-state index in [-0.39, 0.29) is 23.4 Å². The number of pyridine rings is 1. The molecule has 26 heavy (non-hydrogen) atoms. The van der Waals surface area contributed by atoms with E-state index in [0.717, 1.165) is 31.7 Å². The average molecular weight is 361 g/mol. The van der Waals surface area contributed by atoms with Crippen molar-refractivity contribution in [1.29, 1.82) is 0 Å². The lowest BCUT2D eigenvalue weighted by molar-refractivity contribution is 0.244. The van der Waals surface area contributed by atoms with Crippen molar-refractivity contribution >= 4 is 11.8 Å². The Morgan fingerprint density at radius 1 is 1.15 bits per heavy atom. The maximum Gasteiger partial charge on any atom is 0.320 e. The summed E-state index contributed by atoms with van der Waals surface area (Å²) in [6, 6.07) is 5.02. The Labute approximate surface area is 150 Å². The van der Waals surface area contributed by atoms with Gasteiger partial charge < -0.3 is 10.1 Å². The quantitative estimate of drug-likeness (QED) is 0.843. The largest absolute Gasteiger partial charge is 0.494 e. The number of rotatable bonds is 4. The molecule has 0 unspecified atom stereocenters. The van der Waals surface area contributed by atoms with Crippen molar-refractivity contribution in [3.05, 3.63) is 42.1 Å². The molecule has 138 valence electrons. The van der Waals surface area contributed by atoms with E-state index in [2.05, 4.69) is 15.6 Å². The van der Waals surface area contributed by atoms with Crippen molar-refractivity contribution in [2.45, 2.75) is 38.1 Å². The average Bonchev–Trinajstić information content (AvgIpc) is 2.63. The number of carbonyl (C=O) groups excluding carboxylic acids is 1. The number of aromatic nitrogens is 1. The zero-order valence-electron chi connectivity index (χ0n) is 14.5. The molecule has 0 bridgehead atoms. The van der Waals surface area contributed by atoms with Crippen molar-refractivity contribution in [2.24, 2.45) is 0 Å². The number of nitrogens with one attached hydrogen (secondary N) is 2. The fraction of sp³-hybridized carbons (Fsp3) is 0.368. The molecule has 1 heterocycles. The highest BCUT2D eigenvalue weighted by Gasteiger charge is 2.17. The van der Waals surface area contributed by atoms with Gasteiger partial charge in [-0.15, -0.1) is 0 Å². The van der Waals surface area contributed by atoms with Gasteiger partial charge in [0.2, 0.25) is 0 Å². The zero-order chi connectivity index (χ0) is 18.5. The molecular formula is C19H21F2N3O2. The SMILES string of the molecule is COc1cc(-c2ccnc(NC(=O)NC3CCCCC3)c2)c(F)cc1F. The molecule has 0 saturated heterocycles. The summed E-state index contributed by atoms with van der Waals surface area (Å²) in [6.07, 6.45) is 6.84. The number of amides is 2. The highest BCUT2D eigenvalue weighted by molar-refractivity contribution is 5.89. The van der Waals surface area contributed by atoms with Gasteiger partial charge in [0.25, 0.3) is 0 Å². The molecule has 0 spiro atoms. The van der Waals surface area contributed by atoms with E-state index in [9.17, 15) is 13.6 Å². The minimum atomic E-state index is -0.770. The molecule has 1 saturated carbocycles. The first kappa shape index (κ1) is 18.1. The number of benzene rings is 1. The molecule has 2 amide bonds. The molecule has 0 radical (unpaired) electrons. The van der Waals surface area contributed by atoms with Crippen LogP contribution in [0.2, 0.25) is 0 Å². The Morgan fingerprint density at radius 3 is 2.65 bits per heavy atom. The van der Waals surface area contributed by atoms with Crippen LogP contribution in [0, 0.1) is 11.6 Å². The van der Waals surface area contributed by atoms with Crippen LogP contribution in [0.4, 0.5) is 19.4 Å². The number of ether oxygens (including phenoxy) is 1. The number of anilines is 1. The Morgan fingerprint density at radius 2 is 1.92 bits per heavy atom. The van der Waals surface area contributed by atoms with Gasteiger partial charge in [-0.3, -0.25) is 5.32 Å². The maximum atomic E-state index is 14.1. The summed E-state index contributed by atoms with van der Waals surface area (Å²) >= 11 is 0. The molecule has 2 aromatic rings. The number of halogens is 2. The van der Waals surface area contributed by atoms with E-state index in [1.165, 1.54) is 31.9 Å². The van der Waals surface area contributed by atoms with E-state index in [0.29, 0.717) is 11.4 Å². The molecule has 1 fully saturated rings. The second kappa shape index (κ2) is 8.12. The van der Waals surface area contributed by atoms with Crippen LogP contribution in [0.25, 0.3) is 11.1 Å². The van der Waals surface area contributed by atoms with E-state index in [4.69, 9.17) is 4.74 Å².